The molecule has 178 valence electrons. The first-order valence-corrected chi connectivity index (χ1v) is 13.3. The van der Waals surface area contributed by atoms with Crippen molar-refractivity contribution in [3.8, 4) is 0 Å². The number of piperidine rings is 1. The zero-order chi connectivity index (χ0) is 23.0. The number of carbonyl (C=O) groups is 1. The largest absolute Gasteiger partial charge is 0.355 e. The van der Waals surface area contributed by atoms with Crippen LogP contribution in [-0.2, 0) is 0 Å². The van der Waals surface area contributed by atoms with E-state index in [1.807, 2.05) is 0 Å². The van der Waals surface area contributed by atoms with Gasteiger partial charge in [0.25, 0.3) is 5.91 Å². The van der Waals surface area contributed by atoms with Crippen molar-refractivity contribution < 1.29 is 4.79 Å². The zero-order valence-corrected chi connectivity index (χ0v) is 20.9. The van der Waals surface area contributed by atoms with E-state index in [0.29, 0.717) is 21.3 Å². The monoisotopic (exact) mass is 487 g/mol. The van der Waals surface area contributed by atoms with Crippen molar-refractivity contribution in [3.63, 3.8) is 0 Å². The number of amides is 1. The third kappa shape index (κ3) is 7.10. The Hall–Kier alpha value is -1.78. The summed E-state index contributed by atoms with van der Waals surface area (Å²) < 4.78 is 0. The van der Waals surface area contributed by atoms with Gasteiger partial charge in [0.15, 0.2) is 5.82 Å². The smallest absolute Gasteiger partial charge is 0.255 e. The van der Waals surface area contributed by atoms with Gasteiger partial charge in [0.1, 0.15) is 0 Å². The topological polar surface area (TPSA) is 45.2 Å². The summed E-state index contributed by atoms with van der Waals surface area (Å²) in [5.41, 5.74) is 1.17. The normalized spacial score (nSPS) is 18.5. The maximum absolute atomic E-state index is 12.8. The quantitative estimate of drug-likeness (QED) is 0.448. The van der Waals surface area contributed by atoms with E-state index in [0.717, 1.165) is 30.7 Å². The van der Waals surface area contributed by atoms with Crippen molar-refractivity contribution in [1.29, 1.82) is 0 Å². The van der Waals surface area contributed by atoms with Crippen LogP contribution < -0.4 is 10.2 Å². The van der Waals surface area contributed by atoms with Crippen LogP contribution in [0.25, 0.3) is 0 Å². The lowest BCUT2D eigenvalue weighted by Gasteiger charge is -2.34. The number of rotatable bonds is 6. The number of carbonyl (C=O) groups excluding carboxylic acids is 1. The van der Waals surface area contributed by atoms with Crippen molar-refractivity contribution >= 4 is 40.6 Å². The summed E-state index contributed by atoms with van der Waals surface area (Å²) in [6.07, 6.45) is 16.8. The van der Waals surface area contributed by atoms with Gasteiger partial charge in [-0.15, -0.1) is 0 Å². The highest BCUT2D eigenvalue weighted by Crippen LogP contribution is 2.33. The number of aromatic nitrogens is 1. The standard InChI is InChI=1S/C27H35Cl2N3O/c28-23-10-6-9-22(17-23)27(33)31-25-18-24(29)19-30-26(25)32-15-13-21(14-16-32)12-11-20-7-4-2-1-3-5-8-20/h6,9-10,17-21H,1-5,7-8,11-16H2,(H,31,33). The van der Waals surface area contributed by atoms with Crippen molar-refractivity contribution in [2.45, 2.75) is 70.6 Å². The fraction of sp³-hybridized carbons (Fsp3) is 0.556. The average molecular weight is 489 g/mol. The highest BCUT2D eigenvalue weighted by atomic mass is 35.5. The lowest BCUT2D eigenvalue weighted by atomic mass is 9.83. The van der Waals surface area contributed by atoms with Gasteiger partial charge in [-0.3, -0.25) is 4.79 Å². The minimum absolute atomic E-state index is 0.211. The van der Waals surface area contributed by atoms with Crippen LogP contribution in [0.5, 0.6) is 0 Å². The van der Waals surface area contributed by atoms with Gasteiger partial charge in [0.2, 0.25) is 0 Å². The van der Waals surface area contributed by atoms with E-state index in [9.17, 15) is 4.79 Å². The summed E-state index contributed by atoms with van der Waals surface area (Å²) in [5, 5.41) is 4.04. The molecule has 1 N–H and O–H groups in total. The van der Waals surface area contributed by atoms with Gasteiger partial charge in [-0.25, -0.2) is 4.98 Å². The first-order chi connectivity index (χ1) is 16.1. The van der Waals surface area contributed by atoms with E-state index in [1.54, 1.807) is 36.5 Å². The molecule has 6 heteroatoms. The van der Waals surface area contributed by atoms with Crippen molar-refractivity contribution in [3.05, 3.63) is 52.1 Å². The molecule has 33 heavy (non-hydrogen) atoms. The van der Waals surface area contributed by atoms with Gasteiger partial charge >= 0.3 is 0 Å². The Morgan fingerprint density at radius 2 is 1.58 bits per heavy atom. The Morgan fingerprint density at radius 1 is 0.909 bits per heavy atom. The molecule has 0 bridgehead atoms. The van der Waals surface area contributed by atoms with E-state index in [1.165, 1.54) is 70.6 Å². The minimum Gasteiger partial charge on any atom is -0.355 e. The molecule has 0 radical (unpaired) electrons. The Balaban J connectivity index is 1.33. The van der Waals surface area contributed by atoms with E-state index in [-0.39, 0.29) is 5.91 Å². The molecule has 1 saturated heterocycles. The maximum atomic E-state index is 12.8. The van der Waals surface area contributed by atoms with Gasteiger partial charge in [-0.05, 0) is 48.9 Å². The molecule has 2 aromatic rings. The fourth-order valence-corrected chi connectivity index (χ4v) is 5.68. The predicted octanol–water partition coefficient (Wildman–Crippen LogP) is 8.00. The molecule has 1 aromatic carbocycles. The first-order valence-electron chi connectivity index (χ1n) is 12.6. The molecule has 1 saturated carbocycles. The first kappa shape index (κ1) is 24.3. The minimum atomic E-state index is -0.211. The Bertz CT molecular complexity index is 919. The summed E-state index contributed by atoms with van der Waals surface area (Å²) in [7, 11) is 0. The molecule has 2 fully saturated rings. The molecule has 0 spiro atoms. The highest BCUT2D eigenvalue weighted by molar-refractivity contribution is 6.31. The molecule has 1 aromatic heterocycles. The Labute approximate surface area is 208 Å². The van der Waals surface area contributed by atoms with Crippen molar-refractivity contribution in [2.24, 2.45) is 11.8 Å². The van der Waals surface area contributed by atoms with Gasteiger partial charge in [-0.1, -0.05) is 87.1 Å². The third-order valence-corrected chi connectivity index (χ3v) is 7.73. The summed E-state index contributed by atoms with van der Waals surface area (Å²) in [6, 6.07) is 8.73. The second-order valence-electron chi connectivity index (χ2n) is 9.71. The highest BCUT2D eigenvalue weighted by Gasteiger charge is 2.24. The molecule has 1 aliphatic carbocycles. The molecule has 1 aliphatic heterocycles. The number of hydrogen-bond acceptors (Lipinski definition) is 3. The molecular weight excluding hydrogens is 453 g/mol. The number of pyridine rings is 1. The summed E-state index contributed by atoms with van der Waals surface area (Å²) in [4.78, 5) is 19.7. The number of hydrogen-bond donors (Lipinski definition) is 1. The van der Waals surface area contributed by atoms with Crippen LogP contribution >= 0.6 is 23.2 Å². The number of benzene rings is 1. The second-order valence-corrected chi connectivity index (χ2v) is 10.6. The predicted molar refractivity (Wildman–Crippen MR) is 139 cm³/mol. The number of nitrogens with one attached hydrogen (secondary N) is 1. The van der Waals surface area contributed by atoms with Crippen LogP contribution in [0.4, 0.5) is 11.5 Å². The molecule has 4 rings (SSSR count). The number of nitrogens with zero attached hydrogens (tertiary/aromatic N) is 2. The number of anilines is 2. The lowest BCUT2D eigenvalue weighted by Crippen LogP contribution is -2.35. The molecule has 0 unspecified atom stereocenters. The lowest BCUT2D eigenvalue weighted by molar-refractivity contribution is 0.102. The zero-order valence-electron chi connectivity index (χ0n) is 19.4. The fourth-order valence-electron chi connectivity index (χ4n) is 5.33. The molecule has 2 aliphatic rings. The van der Waals surface area contributed by atoms with Crippen LogP contribution in [0.2, 0.25) is 10.0 Å². The molecule has 4 nitrogen and oxygen atoms in total. The van der Waals surface area contributed by atoms with Gasteiger partial charge < -0.3 is 10.2 Å². The molecule has 1 amide bonds. The van der Waals surface area contributed by atoms with Crippen LogP contribution in [0, 0.1) is 11.8 Å². The van der Waals surface area contributed by atoms with Gasteiger partial charge in [0.05, 0.1) is 10.7 Å². The third-order valence-electron chi connectivity index (χ3n) is 7.29. The van der Waals surface area contributed by atoms with Gasteiger partial charge in [0, 0.05) is 29.9 Å². The summed E-state index contributed by atoms with van der Waals surface area (Å²) in [5.74, 6) is 2.32. The summed E-state index contributed by atoms with van der Waals surface area (Å²) >= 11 is 12.3. The van der Waals surface area contributed by atoms with Crippen molar-refractivity contribution in [1.82, 2.24) is 4.98 Å². The maximum Gasteiger partial charge on any atom is 0.255 e. The summed E-state index contributed by atoms with van der Waals surface area (Å²) in [6.45, 7) is 1.92. The van der Waals surface area contributed by atoms with E-state index in [4.69, 9.17) is 23.2 Å². The van der Waals surface area contributed by atoms with Crippen LogP contribution in [0.3, 0.4) is 0 Å². The molecule has 2 heterocycles. The van der Waals surface area contributed by atoms with Crippen LogP contribution in [0.1, 0.15) is 81.0 Å². The Morgan fingerprint density at radius 3 is 2.27 bits per heavy atom. The molecule has 0 atom stereocenters. The van der Waals surface area contributed by atoms with Gasteiger partial charge in [-0.2, -0.15) is 0 Å². The van der Waals surface area contributed by atoms with E-state index < -0.39 is 0 Å². The van der Waals surface area contributed by atoms with E-state index >= 15 is 0 Å². The Kier molecular flexibility index (Phi) is 8.91. The van der Waals surface area contributed by atoms with Crippen LogP contribution in [0.15, 0.2) is 36.5 Å². The van der Waals surface area contributed by atoms with E-state index in [2.05, 4.69) is 15.2 Å². The number of halogens is 2. The second kappa shape index (κ2) is 12.1. The SMILES string of the molecule is O=C(Nc1cc(Cl)cnc1N1CCC(CCC2CCCCCCC2)CC1)c1cccc(Cl)c1. The van der Waals surface area contributed by atoms with Crippen molar-refractivity contribution in [2.75, 3.05) is 23.3 Å². The molecular formula is C27H35Cl2N3O. The average Bonchev–Trinajstić information content (AvgIpc) is 2.79. The van der Waals surface area contributed by atoms with Crippen LogP contribution in [-0.4, -0.2) is 24.0 Å².